The monoisotopic (exact) mass is 182 g/mol. The van der Waals surface area contributed by atoms with Crippen LogP contribution in [0.15, 0.2) is 12.1 Å². The third-order valence-electron chi connectivity index (χ3n) is 2.62. The van der Waals surface area contributed by atoms with Crippen LogP contribution in [0, 0.1) is 0 Å². The van der Waals surface area contributed by atoms with Crippen LogP contribution in [0.25, 0.3) is 0 Å². The summed E-state index contributed by atoms with van der Waals surface area (Å²) in [6.45, 7) is 5.62. The lowest BCUT2D eigenvalue weighted by Gasteiger charge is -2.25. The molecule has 0 spiro atoms. The smallest absolute Gasteiger partial charge is 0.273 e. The minimum atomic E-state index is 0.492. The SMILES string of the molecule is CCCCN1C=C2ON2C1CCC. The quantitative estimate of drug-likeness (QED) is 0.608. The van der Waals surface area contributed by atoms with Gasteiger partial charge >= 0.3 is 0 Å². The first-order valence-corrected chi connectivity index (χ1v) is 5.31. The van der Waals surface area contributed by atoms with Crippen LogP contribution in [0.5, 0.6) is 0 Å². The van der Waals surface area contributed by atoms with Gasteiger partial charge in [-0.15, -0.1) is 5.06 Å². The summed E-state index contributed by atoms with van der Waals surface area (Å²) in [5, 5.41) is 2.03. The van der Waals surface area contributed by atoms with E-state index in [1.54, 1.807) is 0 Å². The van der Waals surface area contributed by atoms with Crippen molar-refractivity contribution in [3.05, 3.63) is 12.1 Å². The first-order valence-electron chi connectivity index (χ1n) is 5.31. The zero-order valence-electron chi connectivity index (χ0n) is 8.49. The van der Waals surface area contributed by atoms with Gasteiger partial charge < -0.3 is 9.74 Å². The van der Waals surface area contributed by atoms with Gasteiger partial charge in [0.15, 0.2) is 0 Å². The van der Waals surface area contributed by atoms with Crippen molar-refractivity contribution in [3.63, 3.8) is 0 Å². The molecule has 0 aromatic heterocycles. The van der Waals surface area contributed by atoms with E-state index in [0.717, 1.165) is 5.88 Å². The molecule has 0 saturated carbocycles. The molecule has 2 rings (SSSR count). The van der Waals surface area contributed by atoms with Gasteiger partial charge in [0.1, 0.15) is 6.17 Å². The second kappa shape index (κ2) is 3.48. The normalized spacial score (nSPS) is 24.2. The molecule has 74 valence electrons. The summed E-state index contributed by atoms with van der Waals surface area (Å²) in [6, 6.07) is 0. The third-order valence-corrected chi connectivity index (χ3v) is 2.62. The lowest BCUT2D eigenvalue weighted by Crippen LogP contribution is -2.34. The predicted octanol–water partition coefficient (Wildman–Crippen LogP) is 2.27. The summed E-state index contributed by atoms with van der Waals surface area (Å²) in [5.41, 5.74) is 0. The molecule has 1 unspecified atom stereocenters. The van der Waals surface area contributed by atoms with E-state index in [1.807, 2.05) is 5.06 Å². The van der Waals surface area contributed by atoms with Gasteiger partial charge in [-0.05, 0) is 12.8 Å². The van der Waals surface area contributed by atoms with Crippen molar-refractivity contribution in [3.8, 4) is 0 Å². The van der Waals surface area contributed by atoms with Gasteiger partial charge in [0.25, 0.3) is 5.88 Å². The number of rotatable bonds is 5. The van der Waals surface area contributed by atoms with Gasteiger partial charge in [-0.1, -0.05) is 26.7 Å². The van der Waals surface area contributed by atoms with Crippen LogP contribution < -0.4 is 0 Å². The van der Waals surface area contributed by atoms with Crippen molar-refractivity contribution in [2.24, 2.45) is 0 Å². The molecule has 0 N–H and O–H groups in total. The van der Waals surface area contributed by atoms with Crippen LogP contribution in [0.4, 0.5) is 0 Å². The van der Waals surface area contributed by atoms with Crippen molar-refractivity contribution >= 4 is 0 Å². The van der Waals surface area contributed by atoms with Gasteiger partial charge in [-0.3, -0.25) is 0 Å². The van der Waals surface area contributed by atoms with Crippen LogP contribution in [0.2, 0.25) is 0 Å². The van der Waals surface area contributed by atoms with Crippen LogP contribution in [0.3, 0.4) is 0 Å². The molecule has 2 heterocycles. The maximum absolute atomic E-state index is 5.28. The zero-order chi connectivity index (χ0) is 9.26. The Balaban J connectivity index is 1.86. The average Bonchev–Trinajstić information content (AvgIpc) is 2.82. The lowest BCUT2D eigenvalue weighted by molar-refractivity contribution is 0.0488. The number of hydrogen-bond acceptors (Lipinski definition) is 3. The molecular weight excluding hydrogens is 164 g/mol. The number of nitrogens with zero attached hydrogens (tertiary/aromatic N) is 2. The molecule has 3 heteroatoms. The van der Waals surface area contributed by atoms with E-state index in [9.17, 15) is 0 Å². The van der Waals surface area contributed by atoms with Crippen molar-refractivity contribution in [2.45, 2.75) is 45.7 Å². The van der Waals surface area contributed by atoms with Crippen molar-refractivity contribution in [1.82, 2.24) is 9.96 Å². The summed E-state index contributed by atoms with van der Waals surface area (Å²) >= 11 is 0. The van der Waals surface area contributed by atoms with Crippen molar-refractivity contribution < 1.29 is 4.84 Å². The Labute approximate surface area is 79.9 Å². The number of hydroxylamine groups is 2. The van der Waals surface area contributed by atoms with Gasteiger partial charge in [0, 0.05) is 6.54 Å². The standard InChI is InChI=1S/C10H18N2O/c1-3-5-7-11-8-10-12(13-10)9(11)6-4-2/h8-9H,3-7H2,1-2H3. The zero-order valence-corrected chi connectivity index (χ0v) is 8.49. The molecule has 0 aromatic carbocycles. The molecule has 13 heavy (non-hydrogen) atoms. The number of hydrogen-bond donors (Lipinski definition) is 0. The Morgan fingerprint density at radius 1 is 1.38 bits per heavy atom. The van der Waals surface area contributed by atoms with Gasteiger partial charge in [-0.25, -0.2) is 0 Å². The largest absolute Gasteiger partial charge is 0.352 e. The predicted molar refractivity (Wildman–Crippen MR) is 51.3 cm³/mol. The molecule has 3 nitrogen and oxygen atoms in total. The molecule has 1 atom stereocenters. The fourth-order valence-corrected chi connectivity index (χ4v) is 1.83. The Bertz CT molecular complexity index is 215. The second-order valence-electron chi connectivity index (χ2n) is 3.75. The van der Waals surface area contributed by atoms with Gasteiger partial charge in [-0.2, -0.15) is 0 Å². The number of unbranched alkanes of at least 4 members (excludes halogenated alkanes) is 1. The Hall–Kier alpha value is -0.860. The highest BCUT2D eigenvalue weighted by Gasteiger charge is 2.45. The molecule has 0 amide bonds. The van der Waals surface area contributed by atoms with E-state index in [-0.39, 0.29) is 0 Å². The Morgan fingerprint density at radius 2 is 2.23 bits per heavy atom. The summed E-state index contributed by atoms with van der Waals surface area (Å²) in [4.78, 5) is 7.69. The molecule has 0 aromatic rings. The molecular formula is C10H18N2O. The van der Waals surface area contributed by atoms with Crippen LogP contribution in [0.1, 0.15) is 39.5 Å². The third kappa shape index (κ3) is 1.60. The topological polar surface area (TPSA) is 18.8 Å². The molecule has 0 aliphatic carbocycles. The molecule has 0 bridgehead atoms. The van der Waals surface area contributed by atoms with Gasteiger partial charge in [0.05, 0.1) is 6.20 Å². The summed E-state index contributed by atoms with van der Waals surface area (Å²) in [7, 11) is 0. The Morgan fingerprint density at radius 3 is 2.92 bits per heavy atom. The average molecular weight is 182 g/mol. The van der Waals surface area contributed by atoms with Crippen LogP contribution >= 0.6 is 0 Å². The van der Waals surface area contributed by atoms with Gasteiger partial charge in [0.2, 0.25) is 0 Å². The maximum atomic E-state index is 5.28. The molecule has 1 saturated heterocycles. The van der Waals surface area contributed by atoms with Crippen molar-refractivity contribution in [1.29, 1.82) is 0 Å². The van der Waals surface area contributed by atoms with Crippen LogP contribution in [-0.4, -0.2) is 22.7 Å². The minimum Gasteiger partial charge on any atom is -0.352 e. The highest BCUT2D eigenvalue weighted by atomic mass is 16.8. The fraction of sp³-hybridized carbons (Fsp3) is 0.800. The summed E-state index contributed by atoms with van der Waals surface area (Å²) in [5.74, 6) is 1.06. The van der Waals surface area contributed by atoms with E-state index in [4.69, 9.17) is 4.84 Å². The maximum Gasteiger partial charge on any atom is 0.273 e. The molecule has 2 aliphatic heterocycles. The Kier molecular flexibility index (Phi) is 2.34. The summed E-state index contributed by atoms with van der Waals surface area (Å²) < 4.78 is 0. The van der Waals surface area contributed by atoms with E-state index in [0.29, 0.717) is 6.17 Å². The van der Waals surface area contributed by atoms with E-state index >= 15 is 0 Å². The molecule has 1 fully saturated rings. The summed E-state index contributed by atoms with van der Waals surface area (Å²) in [6.07, 6.45) is 7.59. The first kappa shape index (κ1) is 8.73. The highest BCUT2D eigenvalue weighted by Crippen LogP contribution is 2.38. The highest BCUT2D eigenvalue weighted by molar-refractivity contribution is 5.09. The van der Waals surface area contributed by atoms with Crippen LogP contribution in [-0.2, 0) is 4.84 Å². The number of fused-ring (bicyclic) bond motifs is 1. The second-order valence-corrected chi connectivity index (χ2v) is 3.75. The molecule has 2 aliphatic rings. The minimum absolute atomic E-state index is 0.492. The lowest BCUT2D eigenvalue weighted by atomic mass is 10.2. The van der Waals surface area contributed by atoms with E-state index in [1.165, 1.54) is 32.2 Å². The molecule has 0 radical (unpaired) electrons. The van der Waals surface area contributed by atoms with Crippen molar-refractivity contribution in [2.75, 3.05) is 6.54 Å². The van der Waals surface area contributed by atoms with E-state index in [2.05, 4.69) is 24.9 Å². The van der Waals surface area contributed by atoms with E-state index < -0.39 is 0 Å². The first-order chi connectivity index (χ1) is 6.36. The fourth-order valence-electron chi connectivity index (χ4n) is 1.83.